The van der Waals surface area contributed by atoms with Crippen LogP contribution in [0.3, 0.4) is 0 Å². The van der Waals surface area contributed by atoms with Crippen molar-refractivity contribution in [3.63, 3.8) is 0 Å². The monoisotopic (exact) mass is 359 g/mol. The molecule has 2 atom stereocenters. The van der Waals surface area contributed by atoms with Crippen molar-refractivity contribution in [2.75, 3.05) is 31.6 Å². The van der Waals surface area contributed by atoms with Gasteiger partial charge in [-0.1, -0.05) is 17.7 Å². The highest BCUT2D eigenvalue weighted by atomic mass is 35.5. The van der Waals surface area contributed by atoms with Gasteiger partial charge in [0.1, 0.15) is 11.4 Å². The molecule has 2 aliphatic rings. The number of halogens is 1. The number of hydrogen-bond donors (Lipinski definition) is 1. The first kappa shape index (κ1) is 16.5. The lowest BCUT2D eigenvalue weighted by molar-refractivity contribution is 0.207. The van der Waals surface area contributed by atoms with Crippen molar-refractivity contribution >= 4 is 17.5 Å². The molecule has 7 heteroatoms. The smallest absolute Gasteiger partial charge is 0.245 e. The highest BCUT2D eigenvalue weighted by molar-refractivity contribution is 6.33. The predicted molar refractivity (Wildman–Crippen MR) is 98.0 cm³/mol. The molecule has 2 saturated heterocycles. The zero-order valence-corrected chi connectivity index (χ0v) is 15.2. The zero-order valence-electron chi connectivity index (χ0n) is 14.5. The first-order valence-electron chi connectivity index (χ1n) is 8.69. The number of phenolic OH excluding ortho intramolecular Hbond substituents is 1. The van der Waals surface area contributed by atoms with Crippen molar-refractivity contribution in [3.8, 4) is 17.0 Å². The third-order valence-corrected chi connectivity index (χ3v) is 5.72. The van der Waals surface area contributed by atoms with Crippen LogP contribution in [0.1, 0.15) is 18.5 Å². The van der Waals surface area contributed by atoms with Gasteiger partial charge in [-0.3, -0.25) is 0 Å². The van der Waals surface area contributed by atoms with E-state index in [9.17, 15) is 5.11 Å². The first-order valence-corrected chi connectivity index (χ1v) is 9.06. The van der Waals surface area contributed by atoms with Crippen LogP contribution in [0.15, 0.2) is 18.2 Å². The number of nitrogens with zero attached hydrogens (tertiary/aromatic N) is 5. The van der Waals surface area contributed by atoms with Crippen LogP contribution in [0.5, 0.6) is 5.75 Å². The molecular formula is C18H22ClN5O. The van der Waals surface area contributed by atoms with Crippen molar-refractivity contribution in [1.82, 2.24) is 20.1 Å². The Bertz CT molecular complexity index is 779. The van der Waals surface area contributed by atoms with E-state index < -0.39 is 0 Å². The molecule has 2 aliphatic heterocycles. The normalized spacial score (nSPS) is 23.7. The second-order valence-corrected chi connectivity index (χ2v) is 7.45. The molecule has 0 unspecified atom stereocenters. The van der Waals surface area contributed by atoms with E-state index in [0.29, 0.717) is 34.2 Å². The fourth-order valence-corrected chi connectivity index (χ4v) is 4.30. The van der Waals surface area contributed by atoms with E-state index >= 15 is 0 Å². The summed E-state index contributed by atoms with van der Waals surface area (Å²) in [5.41, 5.74) is 1.74. The summed E-state index contributed by atoms with van der Waals surface area (Å²) in [5, 5.41) is 19.3. The lowest BCUT2D eigenvalue weighted by Gasteiger charge is -2.36. The Labute approximate surface area is 152 Å². The average molecular weight is 360 g/mol. The van der Waals surface area contributed by atoms with Gasteiger partial charge in [-0.2, -0.15) is 0 Å². The van der Waals surface area contributed by atoms with Crippen LogP contribution in [-0.2, 0) is 0 Å². The minimum Gasteiger partial charge on any atom is -0.507 e. The third-order valence-electron chi connectivity index (χ3n) is 5.40. The van der Waals surface area contributed by atoms with E-state index in [0.717, 1.165) is 25.3 Å². The molecule has 0 spiro atoms. The highest BCUT2D eigenvalue weighted by Gasteiger charge is 2.39. The lowest BCUT2D eigenvalue weighted by atomic mass is 9.92. The summed E-state index contributed by atoms with van der Waals surface area (Å²) in [6.07, 6.45) is 2.42. The number of piperidine rings is 1. The molecule has 0 radical (unpaired) electrons. The Kier molecular flexibility index (Phi) is 4.25. The van der Waals surface area contributed by atoms with Crippen LogP contribution in [0.2, 0.25) is 5.02 Å². The van der Waals surface area contributed by atoms with Crippen LogP contribution in [0.4, 0.5) is 5.95 Å². The molecule has 1 aromatic heterocycles. The maximum Gasteiger partial charge on any atom is 0.245 e. The fraction of sp³-hybridized carbons (Fsp3) is 0.500. The Morgan fingerprint density at radius 2 is 2.00 bits per heavy atom. The van der Waals surface area contributed by atoms with Gasteiger partial charge in [0.05, 0.1) is 16.3 Å². The van der Waals surface area contributed by atoms with Crippen molar-refractivity contribution in [2.24, 2.45) is 5.92 Å². The van der Waals surface area contributed by atoms with Crippen LogP contribution >= 0.6 is 11.6 Å². The number of likely N-dealkylation sites (tertiary alicyclic amines) is 1. The maximum atomic E-state index is 10.1. The number of aromatic hydroxyl groups is 1. The summed E-state index contributed by atoms with van der Waals surface area (Å²) in [4.78, 5) is 9.35. The summed E-state index contributed by atoms with van der Waals surface area (Å²) < 4.78 is 0. The summed E-state index contributed by atoms with van der Waals surface area (Å²) in [6, 6.07) is 5.49. The van der Waals surface area contributed by atoms with Gasteiger partial charge < -0.3 is 14.9 Å². The number of anilines is 1. The molecule has 2 aromatic rings. The van der Waals surface area contributed by atoms with Gasteiger partial charge in [-0.25, -0.2) is 4.98 Å². The zero-order chi connectivity index (χ0) is 17.6. The Hall–Kier alpha value is -1.92. The molecule has 0 aliphatic carbocycles. The number of aryl methyl sites for hydroxylation is 1. The average Bonchev–Trinajstić information content (AvgIpc) is 2.99. The molecule has 0 amide bonds. The van der Waals surface area contributed by atoms with Crippen LogP contribution in [-0.4, -0.2) is 57.9 Å². The van der Waals surface area contributed by atoms with E-state index in [4.69, 9.17) is 16.6 Å². The van der Waals surface area contributed by atoms with Gasteiger partial charge in [-0.05, 0) is 51.4 Å². The summed E-state index contributed by atoms with van der Waals surface area (Å²) in [5.74, 6) is 1.48. The molecular weight excluding hydrogens is 338 g/mol. The van der Waals surface area contributed by atoms with E-state index in [-0.39, 0.29) is 5.75 Å². The summed E-state index contributed by atoms with van der Waals surface area (Å²) >= 11 is 6.24. The Morgan fingerprint density at radius 1 is 1.20 bits per heavy atom. The first-order chi connectivity index (χ1) is 12.0. The van der Waals surface area contributed by atoms with Crippen molar-refractivity contribution < 1.29 is 5.11 Å². The summed E-state index contributed by atoms with van der Waals surface area (Å²) in [7, 11) is 2.17. The molecule has 2 fully saturated rings. The van der Waals surface area contributed by atoms with Crippen LogP contribution in [0.25, 0.3) is 11.3 Å². The molecule has 1 N–H and O–H groups in total. The number of likely N-dealkylation sites (N-methyl/N-ethyl adjacent to an activating group) is 1. The van der Waals surface area contributed by atoms with Crippen molar-refractivity contribution in [3.05, 3.63) is 28.9 Å². The Morgan fingerprint density at radius 3 is 2.76 bits per heavy atom. The molecule has 0 saturated carbocycles. The highest BCUT2D eigenvalue weighted by Crippen LogP contribution is 2.37. The van der Waals surface area contributed by atoms with Gasteiger partial charge in [0, 0.05) is 19.1 Å². The molecule has 25 heavy (non-hydrogen) atoms. The number of rotatable bonds is 2. The summed E-state index contributed by atoms with van der Waals surface area (Å²) in [6.45, 7) is 5.07. The predicted octanol–water partition coefficient (Wildman–Crippen LogP) is 2.74. The van der Waals surface area contributed by atoms with Crippen molar-refractivity contribution in [2.45, 2.75) is 25.8 Å². The van der Waals surface area contributed by atoms with Gasteiger partial charge in [0.25, 0.3) is 0 Å². The van der Waals surface area contributed by atoms with E-state index in [2.05, 4.69) is 27.0 Å². The topological polar surface area (TPSA) is 65.4 Å². The number of benzene rings is 1. The molecule has 4 rings (SSSR count). The fourth-order valence-electron chi connectivity index (χ4n) is 4.04. The lowest BCUT2D eigenvalue weighted by Crippen LogP contribution is -2.47. The molecule has 3 heterocycles. The minimum atomic E-state index is 0.0922. The van der Waals surface area contributed by atoms with Gasteiger partial charge in [0.2, 0.25) is 5.95 Å². The molecule has 1 aromatic carbocycles. The number of hydrogen-bond acceptors (Lipinski definition) is 6. The largest absolute Gasteiger partial charge is 0.507 e. The molecule has 0 bridgehead atoms. The SMILES string of the molecule is Cc1nc(N2CC[C@@H]3CCN(C)C[C@@H]32)nnc1-c1c(O)cccc1Cl. The maximum absolute atomic E-state index is 10.1. The van der Waals surface area contributed by atoms with E-state index in [1.807, 2.05) is 6.92 Å². The van der Waals surface area contributed by atoms with Gasteiger partial charge >= 0.3 is 0 Å². The minimum absolute atomic E-state index is 0.0922. The number of phenols is 1. The third kappa shape index (κ3) is 2.93. The molecule has 6 nitrogen and oxygen atoms in total. The van der Waals surface area contributed by atoms with Crippen LogP contribution < -0.4 is 4.90 Å². The standard InChI is InChI=1S/C18H22ClN5O/c1-11-17(16-13(19)4-3-5-15(16)25)21-22-18(20-11)24-9-7-12-6-8-23(2)10-14(12)24/h3-5,12,14,25H,6-10H2,1-2H3/t12-,14-/m0/s1. The van der Waals surface area contributed by atoms with E-state index in [1.54, 1.807) is 18.2 Å². The second-order valence-electron chi connectivity index (χ2n) is 7.04. The molecule has 132 valence electrons. The number of aromatic nitrogens is 3. The van der Waals surface area contributed by atoms with Gasteiger partial charge in [0.15, 0.2) is 0 Å². The van der Waals surface area contributed by atoms with Crippen molar-refractivity contribution in [1.29, 1.82) is 0 Å². The van der Waals surface area contributed by atoms with Gasteiger partial charge in [-0.15, -0.1) is 10.2 Å². The Balaban J connectivity index is 1.67. The quantitative estimate of drug-likeness (QED) is 0.889. The second kappa shape index (κ2) is 6.42. The van der Waals surface area contributed by atoms with Crippen LogP contribution in [0, 0.1) is 12.8 Å². The number of fused-ring (bicyclic) bond motifs is 1. The van der Waals surface area contributed by atoms with E-state index in [1.165, 1.54) is 12.8 Å².